The summed E-state index contributed by atoms with van der Waals surface area (Å²) >= 11 is 12.1. The monoisotopic (exact) mass is 387 g/mol. The van der Waals surface area contributed by atoms with Crippen molar-refractivity contribution >= 4 is 35.1 Å². The molecule has 26 heavy (non-hydrogen) atoms. The highest BCUT2D eigenvalue weighted by atomic mass is 35.5. The van der Waals surface area contributed by atoms with E-state index >= 15 is 0 Å². The second kappa shape index (κ2) is 8.35. The summed E-state index contributed by atoms with van der Waals surface area (Å²) in [4.78, 5) is 4.51. The van der Waals surface area contributed by atoms with Gasteiger partial charge in [-0.1, -0.05) is 41.4 Å². The summed E-state index contributed by atoms with van der Waals surface area (Å²) in [6.07, 6.45) is 1.70. The Balaban J connectivity index is 1.82. The maximum atomic E-state index is 13.0. The molecule has 0 atom stereocenters. The van der Waals surface area contributed by atoms with Crippen LogP contribution in [-0.2, 0) is 6.61 Å². The van der Waals surface area contributed by atoms with Crippen LogP contribution in [0.15, 0.2) is 65.7 Å². The van der Waals surface area contributed by atoms with Gasteiger partial charge in [0.05, 0.1) is 5.69 Å². The molecular weight excluding hydrogens is 372 g/mol. The lowest BCUT2D eigenvalue weighted by molar-refractivity contribution is 0.305. The van der Waals surface area contributed by atoms with Crippen LogP contribution in [-0.4, -0.2) is 6.21 Å². The van der Waals surface area contributed by atoms with Gasteiger partial charge in [0, 0.05) is 21.8 Å². The summed E-state index contributed by atoms with van der Waals surface area (Å²) in [7, 11) is 0. The molecule has 0 aliphatic carbocycles. The fourth-order valence-electron chi connectivity index (χ4n) is 2.35. The molecule has 0 radical (unpaired) electrons. The van der Waals surface area contributed by atoms with Gasteiger partial charge in [-0.2, -0.15) is 0 Å². The van der Waals surface area contributed by atoms with E-state index in [0.29, 0.717) is 22.4 Å². The molecule has 3 rings (SSSR count). The minimum Gasteiger partial charge on any atom is -0.488 e. The Morgan fingerprint density at radius 3 is 2.42 bits per heavy atom. The molecule has 0 N–H and O–H groups in total. The summed E-state index contributed by atoms with van der Waals surface area (Å²) in [6, 6.07) is 17.1. The topological polar surface area (TPSA) is 21.6 Å². The molecule has 0 amide bonds. The van der Waals surface area contributed by atoms with E-state index in [-0.39, 0.29) is 5.82 Å². The fourth-order valence-corrected chi connectivity index (χ4v) is 2.70. The highest BCUT2D eigenvalue weighted by molar-refractivity contribution is 6.31. The first-order valence-corrected chi connectivity index (χ1v) is 8.74. The maximum Gasteiger partial charge on any atom is 0.128 e. The highest BCUT2D eigenvalue weighted by Crippen LogP contribution is 2.26. The molecule has 3 aromatic rings. The van der Waals surface area contributed by atoms with Gasteiger partial charge < -0.3 is 4.74 Å². The number of rotatable bonds is 5. The van der Waals surface area contributed by atoms with Crippen LogP contribution < -0.4 is 4.74 Å². The molecule has 0 fully saturated rings. The maximum absolute atomic E-state index is 13.0. The number of hydrogen-bond donors (Lipinski definition) is 0. The van der Waals surface area contributed by atoms with Crippen molar-refractivity contribution in [1.82, 2.24) is 0 Å². The zero-order valence-corrected chi connectivity index (χ0v) is 15.6. The SMILES string of the molecule is Cc1ccc(Cl)cc1N=Cc1cc(Cl)ccc1OCc1ccc(F)cc1. The molecule has 0 aliphatic heterocycles. The summed E-state index contributed by atoms with van der Waals surface area (Å²) < 4.78 is 18.9. The van der Waals surface area contributed by atoms with Crippen molar-refractivity contribution in [3.63, 3.8) is 0 Å². The highest BCUT2D eigenvalue weighted by Gasteiger charge is 2.05. The number of nitrogens with zero attached hydrogens (tertiary/aromatic N) is 1. The van der Waals surface area contributed by atoms with Gasteiger partial charge in [0.2, 0.25) is 0 Å². The number of aryl methyl sites for hydroxylation is 1. The molecule has 5 heteroatoms. The van der Waals surface area contributed by atoms with Crippen molar-refractivity contribution in [3.05, 3.63) is 93.2 Å². The van der Waals surface area contributed by atoms with E-state index in [1.54, 1.807) is 42.6 Å². The molecule has 0 aromatic heterocycles. The molecule has 0 unspecified atom stereocenters. The number of halogens is 3. The summed E-state index contributed by atoms with van der Waals surface area (Å²) in [5, 5.41) is 1.21. The summed E-state index contributed by atoms with van der Waals surface area (Å²) in [6.45, 7) is 2.28. The van der Waals surface area contributed by atoms with Gasteiger partial charge in [-0.25, -0.2) is 4.39 Å². The second-order valence-electron chi connectivity index (χ2n) is 5.79. The van der Waals surface area contributed by atoms with Crippen LogP contribution in [0.4, 0.5) is 10.1 Å². The van der Waals surface area contributed by atoms with E-state index in [1.807, 2.05) is 19.1 Å². The lowest BCUT2D eigenvalue weighted by Crippen LogP contribution is -1.98. The standard InChI is InChI=1S/C21H16Cl2FNO/c1-14-2-5-18(23)11-20(14)25-12-16-10-17(22)6-9-21(16)26-13-15-3-7-19(24)8-4-15/h2-12H,13H2,1H3. The van der Waals surface area contributed by atoms with E-state index in [9.17, 15) is 4.39 Å². The van der Waals surface area contributed by atoms with Gasteiger partial charge in [0.25, 0.3) is 0 Å². The van der Waals surface area contributed by atoms with Crippen LogP contribution in [0.3, 0.4) is 0 Å². The third kappa shape index (κ3) is 4.84. The molecule has 2 nitrogen and oxygen atoms in total. The van der Waals surface area contributed by atoms with Crippen LogP contribution >= 0.6 is 23.2 Å². The Bertz CT molecular complexity index is 939. The zero-order valence-electron chi connectivity index (χ0n) is 14.0. The van der Waals surface area contributed by atoms with E-state index in [4.69, 9.17) is 27.9 Å². The third-order valence-electron chi connectivity index (χ3n) is 3.79. The Kier molecular flexibility index (Phi) is 5.92. The van der Waals surface area contributed by atoms with E-state index in [1.165, 1.54) is 12.1 Å². The molecule has 0 saturated heterocycles. The van der Waals surface area contributed by atoms with Crippen LogP contribution in [0.1, 0.15) is 16.7 Å². The first kappa shape index (κ1) is 18.4. The number of ether oxygens (including phenoxy) is 1. The quantitative estimate of drug-likeness (QED) is 0.442. The van der Waals surface area contributed by atoms with Gasteiger partial charge in [0.1, 0.15) is 18.2 Å². The van der Waals surface area contributed by atoms with Crippen molar-refractivity contribution in [2.24, 2.45) is 4.99 Å². The normalized spacial score (nSPS) is 11.1. The third-order valence-corrected chi connectivity index (χ3v) is 4.26. The molecular formula is C21H16Cl2FNO. The van der Waals surface area contributed by atoms with E-state index < -0.39 is 0 Å². The molecule has 0 saturated carbocycles. The Labute approximate surface area is 161 Å². The van der Waals surface area contributed by atoms with E-state index in [0.717, 1.165) is 22.4 Å². The molecule has 0 bridgehead atoms. The van der Waals surface area contributed by atoms with Gasteiger partial charge in [-0.3, -0.25) is 4.99 Å². The van der Waals surface area contributed by atoms with Crippen LogP contribution in [0, 0.1) is 12.7 Å². The molecule has 0 heterocycles. The number of hydrogen-bond acceptors (Lipinski definition) is 2. The minimum absolute atomic E-state index is 0.273. The predicted octanol–water partition coefficient (Wildman–Crippen LogP) is 6.77. The predicted molar refractivity (Wildman–Crippen MR) is 106 cm³/mol. The Hall–Kier alpha value is -2.36. The van der Waals surface area contributed by atoms with Crippen molar-refractivity contribution in [3.8, 4) is 5.75 Å². The zero-order chi connectivity index (χ0) is 18.5. The smallest absolute Gasteiger partial charge is 0.128 e. The summed E-state index contributed by atoms with van der Waals surface area (Å²) in [5.41, 5.74) is 3.41. The largest absolute Gasteiger partial charge is 0.488 e. The Morgan fingerprint density at radius 2 is 1.65 bits per heavy atom. The Morgan fingerprint density at radius 1 is 0.962 bits per heavy atom. The van der Waals surface area contributed by atoms with Crippen molar-refractivity contribution in [2.75, 3.05) is 0 Å². The second-order valence-corrected chi connectivity index (χ2v) is 6.66. The first-order chi connectivity index (χ1) is 12.5. The van der Waals surface area contributed by atoms with Crippen LogP contribution in [0.25, 0.3) is 0 Å². The first-order valence-electron chi connectivity index (χ1n) is 7.98. The van der Waals surface area contributed by atoms with Gasteiger partial charge in [0.15, 0.2) is 0 Å². The van der Waals surface area contributed by atoms with Crippen LogP contribution in [0.5, 0.6) is 5.75 Å². The fraction of sp³-hybridized carbons (Fsp3) is 0.0952. The summed E-state index contributed by atoms with van der Waals surface area (Å²) in [5.74, 6) is 0.368. The molecule has 3 aromatic carbocycles. The van der Waals surface area contributed by atoms with E-state index in [2.05, 4.69) is 4.99 Å². The van der Waals surface area contributed by atoms with Crippen molar-refractivity contribution in [1.29, 1.82) is 0 Å². The molecule has 0 aliphatic rings. The van der Waals surface area contributed by atoms with Gasteiger partial charge >= 0.3 is 0 Å². The lowest BCUT2D eigenvalue weighted by Gasteiger charge is -2.10. The average Bonchev–Trinajstić information content (AvgIpc) is 2.63. The van der Waals surface area contributed by atoms with Crippen LogP contribution in [0.2, 0.25) is 10.0 Å². The lowest BCUT2D eigenvalue weighted by atomic mass is 10.2. The molecule has 132 valence electrons. The van der Waals surface area contributed by atoms with Crippen molar-refractivity contribution < 1.29 is 9.13 Å². The number of benzene rings is 3. The van der Waals surface area contributed by atoms with Gasteiger partial charge in [-0.05, 0) is 60.5 Å². The minimum atomic E-state index is -0.273. The van der Waals surface area contributed by atoms with Crippen molar-refractivity contribution in [2.45, 2.75) is 13.5 Å². The average molecular weight is 388 g/mol. The molecule has 0 spiro atoms. The van der Waals surface area contributed by atoms with Gasteiger partial charge in [-0.15, -0.1) is 0 Å². The number of aliphatic imine (C=N–C) groups is 1.